The lowest BCUT2D eigenvalue weighted by Gasteiger charge is -2.06. The summed E-state index contributed by atoms with van der Waals surface area (Å²) in [5.41, 5.74) is 0.449. The lowest BCUT2D eigenvalue weighted by molar-refractivity contribution is 0.0954. The summed E-state index contributed by atoms with van der Waals surface area (Å²) >= 11 is 9.29. The van der Waals surface area contributed by atoms with Crippen molar-refractivity contribution in [2.75, 3.05) is 6.54 Å². The second-order valence-electron chi connectivity index (χ2n) is 3.96. The molecule has 2 rings (SSSR count). The summed E-state index contributed by atoms with van der Waals surface area (Å²) < 4.78 is 2.44. The Hall–Kier alpha value is -1.40. The highest BCUT2D eigenvalue weighted by Gasteiger charge is 2.10. The van der Waals surface area contributed by atoms with E-state index in [9.17, 15) is 4.79 Å². The fourth-order valence-electron chi connectivity index (χ4n) is 1.55. The number of nitrogens with zero attached hydrogens (tertiary/aromatic N) is 3. The SMILES string of the molecule is Cn1cnc(CCNC(=O)c2cc(Br)ccc2Cl)n1. The van der Waals surface area contributed by atoms with Crippen LogP contribution in [0.25, 0.3) is 0 Å². The van der Waals surface area contributed by atoms with Crippen LogP contribution in [0.4, 0.5) is 0 Å². The zero-order chi connectivity index (χ0) is 13.8. The second-order valence-corrected chi connectivity index (χ2v) is 5.29. The van der Waals surface area contributed by atoms with Gasteiger partial charge in [0.25, 0.3) is 5.91 Å². The van der Waals surface area contributed by atoms with Gasteiger partial charge in [0.2, 0.25) is 0 Å². The molecular weight excluding hydrogens is 332 g/mol. The van der Waals surface area contributed by atoms with Gasteiger partial charge in [-0.05, 0) is 18.2 Å². The quantitative estimate of drug-likeness (QED) is 0.926. The Bertz CT molecular complexity index is 599. The first-order valence-corrected chi connectivity index (χ1v) is 6.81. The number of aromatic nitrogens is 3. The van der Waals surface area contributed by atoms with Gasteiger partial charge in [-0.15, -0.1) is 0 Å². The van der Waals surface area contributed by atoms with E-state index in [4.69, 9.17) is 11.6 Å². The molecule has 19 heavy (non-hydrogen) atoms. The Kier molecular flexibility index (Phi) is 4.55. The van der Waals surface area contributed by atoms with Crippen molar-refractivity contribution in [3.63, 3.8) is 0 Å². The lowest BCUT2D eigenvalue weighted by atomic mass is 10.2. The molecule has 2 aromatic rings. The number of benzene rings is 1. The van der Waals surface area contributed by atoms with Gasteiger partial charge in [-0.1, -0.05) is 27.5 Å². The molecule has 1 amide bonds. The van der Waals surface area contributed by atoms with E-state index >= 15 is 0 Å². The van der Waals surface area contributed by atoms with Gasteiger partial charge in [0, 0.05) is 24.5 Å². The van der Waals surface area contributed by atoms with E-state index in [1.54, 1.807) is 36.3 Å². The van der Waals surface area contributed by atoms with Crippen LogP contribution in [0.15, 0.2) is 29.0 Å². The van der Waals surface area contributed by atoms with Crippen LogP contribution < -0.4 is 5.32 Å². The molecule has 1 aromatic carbocycles. The molecule has 0 saturated carbocycles. The number of nitrogens with one attached hydrogen (secondary N) is 1. The average Bonchev–Trinajstić information content (AvgIpc) is 2.78. The van der Waals surface area contributed by atoms with Gasteiger partial charge in [0.05, 0.1) is 10.6 Å². The van der Waals surface area contributed by atoms with Crippen molar-refractivity contribution in [3.05, 3.63) is 45.4 Å². The number of amides is 1. The number of rotatable bonds is 4. The lowest BCUT2D eigenvalue weighted by Crippen LogP contribution is -2.26. The highest BCUT2D eigenvalue weighted by molar-refractivity contribution is 9.10. The van der Waals surface area contributed by atoms with Gasteiger partial charge in [-0.3, -0.25) is 9.48 Å². The van der Waals surface area contributed by atoms with E-state index < -0.39 is 0 Å². The molecule has 0 fully saturated rings. The predicted octanol–water partition coefficient (Wildman–Crippen LogP) is 2.20. The minimum atomic E-state index is -0.206. The molecule has 0 aliphatic rings. The van der Waals surface area contributed by atoms with Crippen LogP contribution in [0, 0.1) is 0 Å². The third-order valence-corrected chi connectivity index (χ3v) is 3.28. The van der Waals surface area contributed by atoms with Crippen LogP contribution in [0.1, 0.15) is 16.2 Å². The minimum Gasteiger partial charge on any atom is -0.352 e. The van der Waals surface area contributed by atoms with Crippen molar-refractivity contribution >= 4 is 33.4 Å². The van der Waals surface area contributed by atoms with Crippen molar-refractivity contribution in [2.45, 2.75) is 6.42 Å². The smallest absolute Gasteiger partial charge is 0.252 e. The summed E-state index contributed by atoms with van der Waals surface area (Å²) in [5, 5.41) is 7.35. The molecule has 7 heteroatoms. The van der Waals surface area contributed by atoms with Crippen LogP contribution >= 0.6 is 27.5 Å². The number of halogens is 2. The highest BCUT2D eigenvalue weighted by atomic mass is 79.9. The largest absolute Gasteiger partial charge is 0.352 e. The molecule has 100 valence electrons. The van der Waals surface area contributed by atoms with Crippen LogP contribution in [-0.4, -0.2) is 27.2 Å². The Labute approximate surface area is 124 Å². The summed E-state index contributed by atoms with van der Waals surface area (Å²) in [7, 11) is 1.80. The molecule has 0 spiro atoms. The Morgan fingerprint density at radius 3 is 3.00 bits per heavy atom. The highest BCUT2D eigenvalue weighted by Crippen LogP contribution is 2.20. The van der Waals surface area contributed by atoms with E-state index in [1.165, 1.54) is 0 Å². The van der Waals surface area contributed by atoms with E-state index in [-0.39, 0.29) is 5.91 Å². The predicted molar refractivity (Wildman–Crippen MR) is 76.2 cm³/mol. The minimum absolute atomic E-state index is 0.206. The third kappa shape index (κ3) is 3.78. The van der Waals surface area contributed by atoms with Gasteiger partial charge in [-0.2, -0.15) is 5.10 Å². The maximum absolute atomic E-state index is 12.0. The van der Waals surface area contributed by atoms with Crippen LogP contribution in [0.5, 0.6) is 0 Å². The van der Waals surface area contributed by atoms with E-state index in [0.717, 1.165) is 4.47 Å². The van der Waals surface area contributed by atoms with Gasteiger partial charge in [0.15, 0.2) is 5.82 Å². The molecule has 1 aromatic heterocycles. The standard InChI is InChI=1S/C12H12BrClN4O/c1-18-7-16-11(17-18)4-5-15-12(19)9-6-8(13)2-3-10(9)14/h2-3,6-7H,4-5H2,1H3,(H,15,19). The van der Waals surface area contributed by atoms with Gasteiger partial charge in [-0.25, -0.2) is 4.98 Å². The number of hydrogen-bond acceptors (Lipinski definition) is 3. The zero-order valence-corrected chi connectivity index (χ0v) is 12.6. The van der Waals surface area contributed by atoms with Crippen LogP contribution in [0.3, 0.4) is 0 Å². The summed E-state index contributed by atoms with van der Waals surface area (Å²) in [6.07, 6.45) is 2.21. The summed E-state index contributed by atoms with van der Waals surface area (Å²) in [5.74, 6) is 0.491. The maximum atomic E-state index is 12.0. The molecule has 1 N–H and O–H groups in total. The molecule has 1 heterocycles. The number of hydrogen-bond donors (Lipinski definition) is 1. The Morgan fingerprint density at radius 1 is 1.53 bits per heavy atom. The van der Waals surface area contributed by atoms with Crippen molar-refractivity contribution in [1.29, 1.82) is 0 Å². The van der Waals surface area contributed by atoms with E-state index in [1.807, 2.05) is 0 Å². The van der Waals surface area contributed by atoms with Gasteiger partial charge >= 0.3 is 0 Å². The monoisotopic (exact) mass is 342 g/mol. The normalized spacial score (nSPS) is 10.5. The number of aryl methyl sites for hydroxylation is 1. The number of carbonyl (C=O) groups is 1. The van der Waals surface area contributed by atoms with Gasteiger partial charge in [0.1, 0.15) is 6.33 Å². The first kappa shape index (κ1) is 14.0. The molecule has 5 nitrogen and oxygen atoms in total. The molecule has 0 unspecified atom stereocenters. The molecule has 0 saturated heterocycles. The second kappa shape index (κ2) is 6.16. The Balaban J connectivity index is 1.92. The summed E-state index contributed by atoms with van der Waals surface area (Å²) in [4.78, 5) is 16.0. The Morgan fingerprint density at radius 2 is 2.32 bits per heavy atom. The van der Waals surface area contributed by atoms with Crippen molar-refractivity contribution in [1.82, 2.24) is 20.1 Å². The molecule has 0 aliphatic carbocycles. The first-order chi connectivity index (χ1) is 9.06. The van der Waals surface area contributed by atoms with Crippen LogP contribution in [-0.2, 0) is 13.5 Å². The summed E-state index contributed by atoms with van der Waals surface area (Å²) in [6, 6.07) is 5.16. The third-order valence-electron chi connectivity index (χ3n) is 2.45. The van der Waals surface area contributed by atoms with E-state index in [2.05, 4.69) is 31.3 Å². The van der Waals surface area contributed by atoms with E-state index in [0.29, 0.717) is 29.4 Å². The maximum Gasteiger partial charge on any atom is 0.252 e. The molecule has 0 radical (unpaired) electrons. The average molecular weight is 344 g/mol. The van der Waals surface area contributed by atoms with Crippen LogP contribution in [0.2, 0.25) is 5.02 Å². The molecule has 0 aliphatic heterocycles. The fraction of sp³-hybridized carbons (Fsp3) is 0.250. The molecule has 0 bridgehead atoms. The van der Waals surface area contributed by atoms with Crippen molar-refractivity contribution in [3.8, 4) is 0 Å². The molecule has 0 atom stereocenters. The van der Waals surface area contributed by atoms with Crippen molar-refractivity contribution < 1.29 is 4.79 Å². The summed E-state index contributed by atoms with van der Waals surface area (Å²) in [6.45, 7) is 0.464. The zero-order valence-electron chi connectivity index (χ0n) is 10.2. The van der Waals surface area contributed by atoms with Crippen molar-refractivity contribution in [2.24, 2.45) is 7.05 Å². The van der Waals surface area contributed by atoms with Gasteiger partial charge < -0.3 is 5.32 Å². The fourth-order valence-corrected chi connectivity index (χ4v) is 2.12. The number of carbonyl (C=O) groups excluding carboxylic acids is 1. The topological polar surface area (TPSA) is 59.8 Å². The first-order valence-electron chi connectivity index (χ1n) is 5.64. The molecular formula is C12H12BrClN4O.